The fourth-order valence-electron chi connectivity index (χ4n) is 1.89. The molecule has 0 aromatic heterocycles. The van der Waals surface area contributed by atoms with Crippen LogP contribution in [-0.4, -0.2) is 35.8 Å². The number of nitrogens with zero attached hydrogens (tertiary/aromatic N) is 1. The van der Waals surface area contributed by atoms with Gasteiger partial charge in [-0.25, -0.2) is 0 Å². The molecule has 4 heteroatoms. The van der Waals surface area contributed by atoms with Gasteiger partial charge >= 0.3 is 0 Å². The number of carbonyl (C=O) groups excluding carboxylic acids is 2. The largest absolute Gasteiger partial charge is 0.354 e. The van der Waals surface area contributed by atoms with Gasteiger partial charge in [-0.2, -0.15) is 0 Å². The molecule has 66 valence electrons. The number of hydrogen-bond acceptors (Lipinski definition) is 2. The van der Waals surface area contributed by atoms with E-state index in [1.54, 1.807) is 4.90 Å². The predicted octanol–water partition coefficient (Wildman–Crippen LogP) is -0.503. The second-order valence-corrected chi connectivity index (χ2v) is 3.29. The Morgan fingerprint density at radius 1 is 1.42 bits per heavy atom. The van der Waals surface area contributed by atoms with E-state index >= 15 is 0 Å². The number of hydrogen-bond donors (Lipinski definition) is 1. The average Bonchev–Trinajstić information content (AvgIpc) is 2.47. The van der Waals surface area contributed by atoms with E-state index in [1.807, 2.05) is 0 Å². The lowest BCUT2D eigenvalue weighted by atomic mass is 10.2. The van der Waals surface area contributed by atoms with Gasteiger partial charge in [0, 0.05) is 19.5 Å². The van der Waals surface area contributed by atoms with Crippen molar-refractivity contribution in [2.24, 2.45) is 0 Å². The molecule has 1 N–H and O–H groups in total. The van der Waals surface area contributed by atoms with E-state index in [4.69, 9.17) is 0 Å². The van der Waals surface area contributed by atoms with Gasteiger partial charge in [0.1, 0.15) is 6.04 Å². The number of carbonyl (C=O) groups is 2. The van der Waals surface area contributed by atoms with Crippen molar-refractivity contribution >= 4 is 11.8 Å². The standard InChI is InChI=1S/C8H12N2O2/c11-7-3-4-9-8(12)6-2-1-5-10(6)7/h6H,1-5H2,(H,9,12)/t6-/m1/s1. The van der Waals surface area contributed by atoms with Crippen molar-refractivity contribution in [1.29, 1.82) is 0 Å². The van der Waals surface area contributed by atoms with Crippen molar-refractivity contribution in [3.05, 3.63) is 0 Å². The highest BCUT2D eigenvalue weighted by molar-refractivity contribution is 5.90. The summed E-state index contributed by atoms with van der Waals surface area (Å²) in [4.78, 5) is 24.4. The third-order valence-corrected chi connectivity index (χ3v) is 2.51. The molecule has 0 aliphatic carbocycles. The van der Waals surface area contributed by atoms with Crippen LogP contribution >= 0.6 is 0 Å². The molecule has 0 aromatic rings. The van der Waals surface area contributed by atoms with Crippen molar-refractivity contribution in [1.82, 2.24) is 10.2 Å². The van der Waals surface area contributed by atoms with Gasteiger partial charge < -0.3 is 10.2 Å². The maximum atomic E-state index is 11.4. The number of fused-ring (bicyclic) bond motifs is 1. The van der Waals surface area contributed by atoms with Gasteiger partial charge in [-0.3, -0.25) is 9.59 Å². The lowest BCUT2D eigenvalue weighted by Gasteiger charge is -2.19. The summed E-state index contributed by atoms with van der Waals surface area (Å²) >= 11 is 0. The summed E-state index contributed by atoms with van der Waals surface area (Å²) in [5, 5.41) is 2.74. The molecular formula is C8H12N2O2. The van der Waals surface area contributed by atoms with E-state index in [-0.39, 0.29) is 17.9 Å². The fourth-order valence-corrected chi connectivity index (χ4v) is 1.89. The van der Waals surface area contributed by atoms with Crippen molar-refractivity contribution in [2.45, 2.75) is 25.3 Å². The minimum Gasteiger partial charge on any atom is -0.354 e. The zero-order valence-electron chi connectivity index (χ0n) is 6.88. The van der Waals surface area contributed by atoms with E-state index in [1.165, 1.54) is 0 Å². The summed E-state index contributed by atoms with van der Waals surface area (Å²) in [6, 6.07) is -0.167. The molecule has 0 unspecified atom stereocenters. The number of rotatable bonds is 0. The molecule has 2 aliphatic heterocycles. The highest BCUT2D eigenvalue weighted by Gasteiger charge is 2.35. The Morgan fingerprint density at radius 2 is 2.25 bits per heavy atom. The first kappa shape index (κ1) is 7.58. The first-order chi connectivity index (χ1) is 5.79. The quantitative estimate of drug-likeness (QED) is 0.530. The molecule has 2 heterocycles. The molecule has 0 spiro atoms. The summed E-state index contributed by atoms with van der Waals surface area (Å²) in [5.74, 6) is 0.147. The first-order valence-electron chi connectivity index (χ1n) is 4.36. The SMILES string of the molecule is O=C1NCCC(=O)N2CCC[C@H]12. The van der Waals surface area contributed by atoms with Gasteiger partial charge in [0.2, 0.25) is 11.8 Å². The van der Waals surface area contributed by atoms with Crippen LogP contribution in [0.4, 0.5) is 0 Å². The van der Waals surface area contributed by atoms with Crippen LogP contribution in [0.2, 0.25) is 0 Å². The maximum Gasteiger partial charge on any atom is 0.242 e. The zero-order valence-corrected chi connectivity index (χ0v) is 6.88. The maximum absolute atomic E-state index is 11.4. The summed E-state index contributed by atoms with van der Waals surface area (Å²) in [6.45, 7) is 1.27. The highest BCUT2D eigenvalue weighted by atomic mass is 16.2. The van der Waals surface area contributed by atoms with Crippen LogP contribution in [0.5, 0.6) is 0 Å². The minimum atomic E-state index is -0.167. The topological polar surface area (TPSA) is 49.4 Å². The van der Waals surface area contributed by atoms with Gasteiger partial charge in [-0.05, 0) is 12.8 Å². The molecule has 0 aromatic carbocycles. The van der Waals surface area contributed by atoms with Crippen LogP contribution in [0.15, 0.2) is 0 Å². The number of nitrogens with one attached hydrogen (secondary N) is 1. The molecule has 1 atom stereocenters. The lowest BCUT2D eigenvalue weighted by Crippen LogP contribution is -2.41. The molecule has 4 nitrogen and oxygen atoms in total. The van der Waals surface area contributed by atoms with Crippen LogP contribution in [0.3, 0.4) is 0 Å². The molecule has 2 rings (SSSR count). The molecule has 0 radical (unpaired) electrons. The van der Waals surface area contributed by atoms with Crippen LogP contribution in [-0.2, 0) is 9.59 Å². The molecule has 2 saturated heterocycles. The second kappa shape index (κ2) is 2.77. The summed E-state index contributed by atoms with van der Waals surface area (Å²) in [6.07, 6.45) is 2.25. The minimum absolute atomic E-state index is 0.0263. The highest BCUT2D eigenvalue weighted by Crippen LogP contribution is 2.19. The third kappa shape index (κ3) is 1.07. The summed E-state index contributed by atoms with van der Waals surface area (Å²) in [7, 11) is 0. The van der Waals surface area contributed by atoms with Crippen molar-refractivity contribution in [2.75, 3.05) is 13.1 Å². The molecule has 2 aliphatic rings. The smallest absolute Gasteiger partial charge is 0.242 e. The average molecular weight is 168 g/mol. The lowest BCUT2D eigenvalue weighted by molar-refractivity contribution is -0.135. The Labute approximate surface area is 70.9 Å². The third-order valence-electron chi connectivity index (χ3n) is 2.51. The Balaban J connectivity index is 2.20. The second-order valence-electron chi connectivity index (χ2n) is 3.29. The molecular weight excluding hydrogens is 156 g/mol. The number of amides is 2. The van der Waals surface area contributed by atoms with E-state index < -0.39 is 0 Å². The first-order valence-corrected chi connectivity index (χ1v) is 4.36. The Bertz CT molecular complexity index is 205. The Kier molecular flexibility index (Phi) is 1.75. The van der Waals surface area contributed by atoms with Crippen molar-refractivity contribution < 1.29 is 9.59 Å². The van der Waals surface area contributed by atoms with Gasteiger partial charge in [0.25, 0.3) is 0 Å². The van der Waals surface area contributed by atoms with Gasteiger partial charge in [0.15, 0.2) is 0 Å². The Morgan fingerprint density at radius 3 is 3.08 bits per heavy atom. The predicted molar refractivity (Wildman–Crippen MR) is 42.4 cm³/mol. The molecule has 12 heavy (non-hydrogen) atoms. The van der Waals surface area contributed by atoms with Gasteiger partial charge in [0.05, 0.1) is 0 Å². The van der Waals surface area contributed by atoms with Crippen LogP contribution < -0.4 is 5.32 Å². The van der Waals surface area contributed by atoms with E-state index in [0.717, 1.165) is 19.4 Å². The van der Waals surface area contributed by atoms with Gasteiger partial charge in [-0.1, -0.05) is 0 Å². The van der Waals surface area contributed by atoms with E-state index in [9.17, 15) is 9.59 Å². The van der Waals surface area contributed by atoms with E-state index in [2.05, 4.69) is 5.32 Å². The summed E-state index contributed by atoms with van der Waals surface area (Å²) < 4.78 is 0. The van der Waals surface area contributed by atoms with Crippen LogP contribution in [0.1, 0.15) is 19.3 Å². The van der Waals surface area contributed by atoms with Gasteiger partial charge in [-0.15, -0.1) is 0 Å². The normalized spacial score (nSPS) is 29.7. The van der Waals surface area contributed by atoms with Crippen LogP contribution in [0.25, 0.3) is 0 Å². The fraction of sp³-hybridized carbons (Fsp3) is 0.750. The molecule has 2 amide bonds. The molecule has 0 bridgehead atoms. The molecule has 0 saturated carbocycles. The zero-order chi connectivity index (χ0) is 8.55. The van der Waals surface area contributed by atoms with Crippen LogP contribution in [0, 0.1) is 0 Å². The Hall–Kier alpha value is -1.06. The monoisotopic (exact) mass is 168 g/mol. The van der Waals surface area contributed by atoms with E-state index in [0.29, 0.717) is 13.0 Å². The van der Waals surface area contributed by atoms with Crippen molar-refractivity contribution in [3.63, 3.8) is 0 Å². The summed E-state index contributed by atoms with van der Waals surface area (Å²) in [5.41, 5.74) is 0. The molecule has 2 fully saturated rings. The van der Waals surface area contributed by atoms with Crippen molar-refractivity contribution in [3.8, 4) is 0 Å².